The summed E-state index contributed by atoms with van der Waals surface area (Å²) in [5.74, 6) is -0.246. The van der Waals surface area contributed by atoms with Gasteiger partial charge in [-0.3, -0.25) is 0 Å². The van der Waals surface area contributed by atoms with E-state index in [-0.39, 0.29) is 5.75 Å². The number of imidazole rings is 1. The minimum Gasteiger partial charge on any atom is -0.406 e. The van der Waals surface area contributed by atoms with Gasteiger partial charge in [-0.05, 0) is 61.4 Å². The van der Waals surface area contributed by atoms with Gasteiger partial charge in [0.05, 0.1) is 0 Å². The van der Waals surface area contributed by atoms with Crippen molar-refractivity contribution in [3.05, 3.63) is 84.2 Å². The number of para-hydroxylation sites is 1. The molecule has 0 unspecified atom stereocenters. The Hall–Kier alpha value is -3.28. The van der Waals surface area contributed by atoms with E-state index in [0.717, 1.165) is 28.0 Å². The normalized spacial score (nSPS) is 11.8. The Bertz CT molecular complexity index is 1130. The molecule has 0 atom stereocenters. The number of nitrogens with zero attached hydrogens (tertiary/aromatic N) is 2. The lowest BCUT2D eigenvalue weighted by molar-refractivity contribution is -0.567. The molecule has 0 saturated carbocycles. The number of hydrogen-bond donors (Lipinski definition) is 0. The van der Waals surface area contributed by atoms with Crippen LogP contribution >= 0.6 is 0 Å². The predicted octanol–water partition coefficient (Wildman–Crippen LogP) is 5.42. The van der Waals surface area contributed by atoms with Gasteiger partial charge in [0, 0.05) is 6.07 Å². The minimum absolute atomic E-state index is 0.246. The third-order valence-electron chi connectivity index (χ3n) is 4.45. The van der Waals surface area contributed by atoms with Gasteiger partial charge < -0.3 is 4.74 Å². The van der Waals surface area contributed by atoms with Gasteiger partial charge in [0.2, 0.25) is 0 Å². The van der Waals surface area contributed by atoms with Gasteiger partial charge in [-0.15, -0.1) is 13.2 Å². The molecule has 3 aromatic carbocycles. The van der Waals surface area contributed by atoms with Crippen molar-refractivity contribution in [2.45, 2.75) is 20.2 Å². The summed E-state index contributed by atoms with van der Waals surface area (Å²) in [7, 11) is 0. The summed E-state index contributed by atoms with van der Waals surface area (Å²) in [6, 6.07) is 20.1. The Kier molecular flexibility index (Phi) is 4.34. The van der Waals surface area contributed by atoms with Gasteiger partial charge in [0.15, 0.2) is 11.0 Å². The molecule has 142 valence electrons. The standard InChI is InChI=1S/C22H18F3N2O/c1-15-10-16(2)12-18(11-15)27-14-26(17-6-4-3-5-7-17)20-9-8-19(13-21(20)27)28-22(23,24)25/h3-14H,1-2H3/q+1. The SMILES string of the molecule is Cc1cc(C)cc(-[n+]2cn(-c3ccccc3)c3ccc(OC(F)(F)F)cc32)c1. The van der Waals surface area contributed by atoms with Crippen molar-refractivity contribution in [3.8, 4) is 17.1 Å². The fourth-order valence-corrected chi connectivity index (χ4v) is 3.43. The highest BCUT2D eigenvalue weighted by atomic mass is 19.4. The topological polar surface area (TPSA) is 18.0 Å². The fraction of sp³-hybridized carbons (Fsp3) is 0.136. The zero-order valence-electron chi connectivity index (χ0n) is 15.4. The molecular formula is C22H18F3N2O+. The van der Waals surface area contributed by atoms with Crippen LogP contribution in [-0.2, 0) is 0 Å². The molecule has 3 nitrogen and oxygen atoms in total. The average molecular weight is 383 g/mol. The maximum atomic E-state index is 12.7. The third kappa shape index (κ3) is 3.58. The van der Waals surface area contributed by atoms with Crippen molar-refractivity contribution in [1.29, 1.82) is 0 Å². The summed E-state index contributed by atoms with van der Waals surface area (Å²) in [5.41, 5.74) is 5.34. The molecule has 1 aromatic heterocycles. The highest BCUT2D eigenvalue weighted by Gasteiger charge is 2.32. The van der Waals surface area contributed by atoms with E-state index >= 15 is 0 Å². The highest BCUT2D eigenvalue weighted by molar-refractivity contribution is 5.76. The number of aromatic nitrogens is 2. The van der Waals surface area contributed by atoms with E-state index in [2.05, 4.69) is 10.8 Å². The zero-order valence-corrected chi connectivity index (χ0v) is 15.4. The molecule has 0 N–H and O–H groups in total. The van der Waals surface area contributed by atoms with Crippen LogP contribution < -0.4 is 9.30 Å². The van der Waals surface area contributed by atoms with E-state index < -0.39 is 6.36 Å². The molecule has 1 heterocycles. The van der Waals surface area contributed by atoms with E-state index in [4.69, 9.17) is 0 Å². The van der Waals surface area contributed by atoms with Gasteiger partial charge in [0.1, 0.15) is 17.1 Å². The van der Waals surface area contributed by atoms with Crippen molar-refractivity contribution in [3.63, 3.8) is 0 Å². The number of hydrogen-bond acceptors (Lipinski definition) is 1. The van der Waals surface area contributed by atoms with Crippen LogP contribution in [-0.4, -0.2) is 10.9 Å². The Labute approximate surface area is 160 Å². The minimum atomic E-state index is -4.74. The third-order valence-corrected chi connectivity index (χ3v) is 4.45. The maximum Gasteiger partial charge on any atom is 0.573 e. The quantitative estimate of drug-likeness (QED) is 0.432. The van der Waals surface area contributed by atoms with Crippen LogP contribution in [0.3, 0.4) is 0 Å². The van der Waals surface area contributed by atoms with Crippen molar-refractivity contribution in [2.24, 2.45) is 0 Å². The Balaban J connectivity index is 1.97. The summed E-state index contributed by atoms with van der Waals surface area (Å²) in [5, 5.41) is 0. The van der Waals surface area contributed by atoms with Crippen LogP contribution in [0.2, 0.25) is 0 Å². The Morgan fingerprint density at radius 3 is 2.18 bits per heavy atom. The molecule has 0 bridgehead atoms. The molecule has 0 spiro atoms. The molecule has 4 aromatic rings. The maximum absolute atomic E-state index is 12.7. The van der Waals surface area contributed by atoms with Crippen molar-refractivity contribution in [1.82, 2.24) is 4.57 Å². The molecule has 0 aliphatic heterocycles. The number of rotatable bonds is 3. The first-order chi connectivity index (χ1) is 13.3. The fourth-order valence-electron chi connectivity index (χ4n) is 3.43. The molecular weight excluding hydrogens is 365 g/mol. The van der Waals surface area contributed by atoms with E-state index in [1.165, 1.54) is 12.1 Å². The van der Waals surface area contributed by atoms with Gasteiger partial charge in [-0.25, -0.2) is 0 Å². The Morgan fingerprint density at radius 1 is 0.857 bits per heavy atom. The second-order valence-corrected chi connectivity index (χ2v) is 6.74. The van der Waals surface area contributed by atoms with Crippen LogP contribution in [0.4, 0.5) is 13.2 Å². The van der Waals surface area contributed by atoms with Crippen LogP contribution in [0.25, 0.3) is 22.4 Å². The van der Waals surface area contributed by atoms with Crippen molar-refractivity contribution in [2.75, 3.05) is 0 Å². The van der Waals surface area contributed by atoms with E-state index in [1.807, 2.05) is 71.8 Å². The molecule has 0 radical (unpaired) electrons. The molecule has 0 fully saturated rings. The molecule has 4 rings (SSSR count). The first-order valence-electron chi connectivity index (χ1n) is 8.77. The van der Waals surface area contributed by atoms with E-state index in [9.17, 15) is 13.2 Å². The predicted molar refractivity (Wildman–Crippen MR) is 101 cm³/mol. The summed E-state index contributed by atoms with van der Waals surface area (Å²) < 4.78 is 46.1. The van der Waals surface area contributed by atoms with E-state index in [0.29, 0.717) is 5.52 Å². The zero-order chi connectivity index (χ0) is 19.9. The summed E-state index contributed by atoms with van der Waals surface area (Å²) in [4.78, 5) is 0. The first kappa shape index (κ1) is 18.1. The number of ether oxygens (including phenoxy) is 1. The lowest BCUT2D eigenvalue weighted by Gasteiger charge is -2.08. The number of halogens is 3. The highest BCUT2D eigenvalue weighted by Crippen LogP contribution is 2.27. The smallest absolute Gasteiger partial charge is 0.406 e. The van der Waals surface area contributed by atoms with Crippen LogP contribution in [0.5, 0.6) is 5.75 Å². The number of benzene rings is 3. The van der Waals surface area contributed by atoms with Gasteiger partial charge >= 0.3 is 6.36 Å². The van der Waals surface area contributed by atoms with Gasteiger partial charge in [-0.2, -0.15) is 9.13 Å². The van der Waals surface area contributed by atoms with E-state index in [1.54, 1.807) is 6.07 Å². The molecule has 28 heavy (non-hydrogen) atoms. The summed E-state index contributed by atoms with van der Waals surface area (Å²) >= 11 is 0. The lowest BCUT2D eigenvalue weighted by atomic mass is 10.1. The molecule has 0 saturated heterocycles. The van der Waals surface area contributed by atoms with Crippen molar-refractivity contribution >= 4 is 11.0 Å². The largest absolute Gasteiger partial charge is 0.573 e. The van der Waals surface area contributed by atoms with Crippen LogP contribution in [0.1, 0.15) is 11.1 Å². The van der Waals surface area contributed by atoms with Gasteiger partial charge in [0.25, 0.3) is 6.33 Å². The second kappa shape index (κ2) is 6.71. The second-order valence-electron chi connectivity index (χ2n) is 6.74. The number of fused-ring (bicyclic) bond motifs is 1. The number of aryl methyl sites for hydroxylation is 2. The first-order valence-corrected chi connectivity index (χ1v) is 8.77. The average Bonchev–Trinajstić information content (AvgIpc) is 2.99. The summed E-state index contributed by atoms with van der Waals surface area (Å²) in [6.07, 6.45) is -2.86. The van der Waals surface area contributed by atoms with Crippen LogP contribution in [0, 0.1) is 13.8 Å². The molecule has 6 heteroatoms. The lowest BCUT2D eigenvalue weighted by Crippen LogP contribution is -2.29. The number of alkyl halides is 3. The van der Waals surface area contributed by atoms with Crippen molar-refractivity contribution < 1.29 is 22.5 Å². The van der Waals surface area contributed by atoms with Crippen LogP contribution in [0.15, 0.2) is 73.1 Å². The van der Waals surface area contributed by atoms with Gasteiger partial charge in [-0.1, -0.05) is 24.3 Å². The molecule has 0 amide bonds. The monoisotopic (exact) mass is 383 g/mol. The summed E-state index contributed by atoms with van der Waals surface area (Å²) in [6.45, 7) is 3.98. The Morgan fingerprint density at radius 2 is 1.54 bits per heavy atom. The molecule has 0 aliphatic carbocycles. The molecule has 0 aliphatic rings.